The van der Waals surface area contributed by atoms with Gasteiger partial charge in [-0.1, -0.05) is 36.7 Å². The van der Waals surface area contributed by atoms with E-state index in [1.807, 2.05) is 14.1 Å². The fourth-order valence-electron chi connectivity index (χ4n) is 0.339. The van der Waals surface area contributed by atoms with Crippen molar-refractivity contribution in [3.05, 3.63) is 0 Å². The van der Waals surface area contributed by atoms with Gasteiger partial charge in [0.1, 0.15) is 13.0 Å². The summed E-state index contributed by atoms with van der Waals surface area (Å²) in [7, 11) is 3.71. The zero-order chi connectivity index (χ0) is 13.1. The normalized spacial score (nSPS) is 7.82. The molecule has 0 saturated carbocycles. The molecule has 0 spiro atoms. The van der Waals surface area contributed by atoms with Crippen LogP contribution in [0.5, 0.6) is 0 Å². The van der Waals surface area contributed by atoms with Crippen LogP contribution in [-0.4, -0.2) is 45.0 Å². The first-order valence-corrected chi connectivity index (χ1v) is 6.67. The maximum Gasteiger partial charge on any atom is 0.132 e. The quantitative estimate of drug-likeness (QED) is 0.213. The van der Waals surface area contributed by atoms with Crippen LogP contribution >= 0.6 is 74.5 Å². The van der Waals surface area contributed by atoms with Crippen molar-refractivity contribution < 1.29 is 19.5 Å². The average Bonchev–Trinajstić information content (AvgIpc) is 2.12. The number of nitrogens with zero attached hydrogens (tertiary/aromatic N) is 1. The van der Waals surface area contributed by atoms with Gasteiger partial charge in [0.2, 0.25) is 0 Å². The van der Waals surface area contributed by atoms with Gasteiger partial charge < -0.3 is 15.5 Å². The third-order valence-corrected chi connectivity index (χ3v) is 2.43. The van der Waals surface area contributed by atoms with Gasteiger partial charge in [-0.15, -0.1) is 37.9 Å². The molecular weight excluding hydrogens is 384 g/mol. The molecule has 0 aliphatic heterocycles. The van der Waals surface area contributed by atoms with E-state index in [0.29, 0.717) is 26.1 Å². The minimum atomic E-state index is 0. The molecule has 0 aromatic carbocycles. The van der Waals surface area contributed by atoms with Gasteiger partial charge >= 0.3 is 0 Å². The van der Waals surface area contributed by atoms with Crippen molar-refractivity contribution in [3.8, 4) is 0 Å². The zero-order valence-corrected chi connectivity index (χ0v) is 17.7. The van der Waals surface area contributed by atoms with Crippen molar-refractivity contribution in [1.29, 1.82) is 0 Å². The predicted molar refractivity (Wildman–Crippen MR) is 94.4 cm³/mol. The standard InChI is InChI=1S/C4H8N2S4.C3H7NS2.Zn/c7-3(8)5-1-2-6-4(9)10;1-4(2)3(5)6;/h1-2H2,(H2,5,7,8)(H2,6,9,10);1-2H3,(H,5,6);. The van der Waals surface area contributed by atoms with Crippen molar-refractivity contribution in [1.82, 2.24) is 15.5 Å². The first kappa shape index (κ1) is 23.4. The van der Waals surface area contributed by atoms with Crippen LogP contribution in [0, 0.1) is 0 Å². The van der Waals surface area contributed by atoms with E-state index in [2.05, 4.69) is 85.2 Å². The summed E-state index contributed by atoms with van der Waals surface area (Å²) in [5.74, 6) is 0. The van der Waals surface area contributed by atoms with E-state index in [9.17, 15) is 0 Å². The SMILES string of the molecule is CN(C)C(=S)S.S=C(S)NCCNC(=S)S.[Zn]. The van der Waals surface area contributed by atoms with E-state index < -0.39 is 0 Å². The largest absolute Gasteiger partial charge is 0.369 e. The second-order valence-corrected chi connectivity index (χ2v) is 6.07. The summed E-state index contributed by atoms with van der Waals surface area (Å²) in [5, 5.41) is 5.68. The smallest absolute Gasteiger partial charge is 0.132 e. The van der Waals surface area contributed by atoms with Gasteiger partial charge in [0, 0.05) is 46.7 Å². The first-order chi connectivity index (χ1) is 7.27. The van der Waals surface area contributed by atoms with E-state index in [-0.39, 0.29) is 19.5 Å². The van der Waals surface area contributed by atoms with E-state index in [0.717, 1.165) is 0 Å². The summed E-state index contributed by atoms with van der Waals surface area (Å²) in [6, 6.07) is 0. The second-order valence-electron chi connectivity index (χ2n) is 2.64. The van der Waals surface area contributed by atoms with Gasteiger partial charge in [-0.25, -0.2) is 0 Å². The number of thiol groups is 3. The molecule has 0 unspecified atom stereocenters. The van der Waals surface area contributed by atoms with E-state index in [1.165, 1.54) is 0 Å². The summed E-state index contributed by atoms with van der Waals surface area (Å²) in [4.78, 5) is 1.76. The molecule has 0 aromatic rings. The summed E-state index contributed by atoms with van der Waals surface area (Å²) in [6.45, 7) is 1.42. The van der Waals surface area contributed by atoms with Crippen LogP contribution in [0.25, 0.3) is 0 Å². The summed E-state index contributed by atoms with van der Waals surface area (Å²) in [6.07, 6.45) is 0. The van der Waals surface area contributed by atoms with E-state index in [4.69, 9.17) is 0 Å². The zero-order valence-electron chi connectivity index (χ0n) is 9.63. The molecular formula is C7H15N3S6Zn. The first-order valence-electron chi connectivity index (χ1n) is 4.11. The number of thiocarbonyl (C=S) groups is 3. The summed E-state index contributed by atoms with van der Waals surface area (Å²) >= 11 is 25.5. The molecule has 0 radical (unpaired) electrons. The average molecular weight is 399 g/mol. The Bertz CT molecular complexity index is 232. The number of hydrogen-bond donors (Lipinski definition) is 5. The third-order valence-electron chi connectivity index (χ3n) is 1.06. The third kappa shape index (κ3) is 26.8. The van der Waals surface area contributed by atoms with Gasteiger partial charge in [-0.2, -0.15) is 0 Å². The van der Waals surface area contributed by atoms with Crippen molar-refractivity contribution >= 4 is 87.5 Å². The van der Waals surface area contributed by atoms with Crippen molar-refractivity contribution in [3.63, 3.8) is 0 Å². The number of nitrogens with one attached hydrogen (secondary N) is 2. The molecule has 17 heavy (non-hydrogen) atoms. The molecule has 0 aliphatic carbocycles. The molecule has 10 heteroatoms. The van der Waals surface area contributed by atoms with Crippen LogP contribution in [0.15, 0.2) is 0 Å². The van der Waals surface area contributed by atoms with Gasteiger partial charge in [0.05, 0.1) is 0 Å². The molecule has 3 nitrogen and oxygen atoms in total. The Kier molecular flexibility index (Phi) is 21.2. The fourth-order valence-corrected chi connectivity index (χ4v) is 0.767. The molecule has 0 bridgehead atoms. The maximum absolute atomic E-state index is 4.65. The Labute approximate surface area is 148 Å². The van der Waals surface area contributed by atoms with Gasteiger partial charge in [0.15, 0.2) is 0 Å². The molecule has 2 N–H and O–H groups in total. The molecule has 0 fully saturated rings. The van der Waals surface area contributed by atoms with Crippen molar-refractivity contribution in [2.45, 2.75) is 0 Å². The number of rotatable bonds is 3. The van der Waals surface area contributed by atoms with Crippen molar-refractivity contribution in [2.75, 3.05) is 27.2 Å². The number of hydrogen-bond acceptors (Lipinski definition) is 3. The second kappa shape index (κ2) is 15.4. The Balaban J connectivity index is -0.000000244. The van der Waals surface area contributed by atoms with Gasteiger partial charge in [0.25, 0.3) is 0 Å². The molecule has 0 heterocycles. The Morgan fingerprint density at radius 1 is 0.941 bits per heavy atom. The minimum absolute atomic E-state index is 0. The predicted octanol–water partition coefficient (Wildman–Crippen LogP) is 1.36. The molecule has 0 amide bonds. The maximum atomic E-state index is 4.65. The molecule has 0 aromatic heterocycles. The van der Waals surface area contributed by atoms with Crippen LogP contribution in [0.3, 0.4) is 0 Å². The van der Waals surface area contributed by atoms with E-state index >= 15 is 0 Å². The van der Waals surface area contributed by atoms with Crippen LogP contribution in [-0.2, 0) is 19.5 Å². The molecule has 0 aliphatic rings. The topological polar surface area (TPSA) is 27.3 Å². The van der Waals surface area contributed by atoms with Gasteiger partial charge in [-0.3, -0.25) is 0 Å². The minimum Gasteiger partial charge on any atom is -0.369 e. The monoisotopic (exact) mass is 397 g/mol. The molecule has 0 atom stereocenters. The fraction of sp³-hybridized carbons (Fsp3) is 0.571. The Hall–Kier alpha value is 1.34. The Morgan fingerprint density at radius 3 is 1.29 bits per heavy atom. The molecule has 0 rings (SSSR count). The van der Waals surface area contributed by atoms with Crippen LogP contribution < -0.4 is 10.6 Å². The van der Waals surface area contributed by atoms with Crippen molar-refractivity contribution in [2.24, 2.45) is 0 Å². The molecule has 96 valence electrons. The van der Waals surface area contributed by atoms with Crippen LogP contribution in [0.2, 0.25) is 0 Å². The molecule has 0 saturated heterocycles. The van der Waals surface area contributed by atoms with Crippen LogP contribution in [0.1, 0.15) is 0 Å². The van der Waals surface area contributed by atoms with E-state index in [1.54, 1.807) is 4.90 Å². The van der Waals surface area contributed by atoms with Crippen LogP contribution in [0.4, 0.5) is 0 Å². The van der Waals surface area contributed by atoms with Gasteiger partial charge in [-0.05, 0) is 0 Å². The Morgan fingerprint density at radius 2 is 1.18 bits per heavy atom. The summed E-state index contributed by atoms with van der Waals surface area (Å²) < 4.78 is 1.61. The summed E-state index contributed by atoms with van der Waals surface area (Å²) in [5.41, 5.74) is 0.